The van der Waals surface area contributed by atoms with Crippen LogP contribution in [0.3, 0.4) is 0 Å². The molecule has 0 saturated carbocycles. The summed E-state index contributed by atoms with van der Waals surface area (Å²) in [5, 5.41) is 0. The molecule has 0 saturated heterocycles. The third-order valence-electron chi connectivity index (χ3n) is 2.93. The molecule has 0 aromatic heterocycles. The van der Waals surface area contributed by atoms with Gasteiger partial charge in [-0.3, -0.25) is 0 Å². The van der Waals surface area contributed by atoms with Crippen LogP contribution in [0.1, 0.15) is 32.8 Å². The molecule has 1 aromatic rings. The fourth-order valence-corrected chi connectivity index (χ4v) is 2.97. The van der Waals surface area contributed by atoms with Crippen molar-refractivity contribution in [3.8, 4) is 11.5 Å². The molecule has 0 spiro atoms. The van der Waals surface area contributed by atoms with Crippen molar-refractivity contribution in [3.63, 3.8) is 0 Å². The quantitative estimate of drug-likeness (QED) is 0.760. The van der Waals surface area contributed by atoms with E-state index in [1.54, 1.807) is 14.2 Å². The number of benzene rings is 1. The van der Waals surface area contributed by atoms with E-state index in [1.165, 1.54) is 5.56 Å². The molecule has 0 aliphatic heterocycles. The van der Waals surface area contributed by atoms with Gasteiger partial charge in [-0.1, -0.05) is 36.7 Å². The Balaban J connectivity index is 3.16. The maximum Gasteiger partial charge on any atom is 0.122 e. The Morgan fingerprint density at radius 3 is 2.35 bits per heavy atom. The summed E-state index contributed by atoms with van der Waals surface area (Å²) in [6, 6.07) is 5.96. The van der Waals surface area contributed by atoms with Gasteiger partial charge >= 0.3 is 0 Å². The van der Waals surface area contributed by atoms with Gasteiger partial charge in [0, 0.05) is 10.4 Å². The SMILES string of the molecule is COc1ccc(OC)c(C(C)(C)CC(C)Br)c1. The molecular weight excluding hydrogens is 280 g/mol. The van der Waals surface area contributed by atoms with E-state index in [2.05, 4.69) is 42.8 Å². The highest BCUT2D eigenvalue weighted by molar-refractivity contribution is 9.09. The third kappa shape index (κ3) is 3.63. The molecule has 0 aliphatic rings. The number of rotatable bonds is 5. The van der Waals surface area contributed by atoms with Gasteiger partial charge in [0.25, 0.3) is 0 Å². The van der Waals surface area contributed by atoms with Crippen molar-refractivity contribution in [3.05, 3.63) is 23.8 Å². The largest absolute Gasteiger partial charge is 0.497 e. The van der Waals surface area contributed by atoms with Crippen LogP contribution in [-0.2, 0) is 5.41 Å². The second-order valence-corrected chi connectivity index (χ2v) is 6.50. The fraction of sp³-hybridized carbons (Fsp3) is 0.571. The predicted molar refractivity (Wildman–Crippen MR) is 75.6 cm³/mol. The predicted octanol–water partition coefficient (Wildman–Crippen LogP) is 4.15. The number of hydrogen-bond acceptors (Lipinski definition) is 2. The Bertz CT molecular complexity index is 372. The fourth-order valence-electron chi connectivity index (χ4n) is 2.16. The minimum atomic E-state index is 0.0444. The standard InChI is InChI=1S/C14H21BrO2/c1-10(15)9-14(2,3)12-8-11(16-4)6-7-13(12)17-5/h6-8,10H,9H2,1-5H3. The highest BCUT2D eigenvalue weighted by Crippen LogP contribution is 2.38. The van der Waals surface area contributed by atoms with Gasteiger partial charge in [-0.05, 0) is 30.0 Å². The topological polar surface area (TPSA) is 18.5 Å². The minimum Gasteiger partial charge on any atom is -0.497 e. The molecule has 96 valence electrons. The van der Waals surface area contributed by atoms with Gasteiger partial charge in [-0.15, -0.1) is 0 Å². The molecule has 2 nitrogen and oxygen atoms in total. The third-order valence-corrected chi connectivity index (χ3v) is 3.25. The molecule has 0 aliphatic carbocycles. The molecule has 17 heavy (non-hydrogen) atoms. The number of alkyl halides is 1. The molecule has 0 radical (unpaired) electrons. The second-order valence-electron chi connectivity index (χ2n) is 4.93. The van der Waals surface area contributed by atoms with Crippen LogP contribution < -0.4 is 9.47 Å². The lowest BCUT2D eigenvalue weighted by molar-refractivity contribution is 0.377. The lowest BCUT2D eigenvalue weighted by Crippen LogP contribution is -2.21. The van der Waals surface area contributed by atoms with Crippen LogP contribution >= 0.6 is 15.9 Å². The minimum absolute atomic E-state index is 0.0444. The lowest BCUT2D eigenvalue weighted by atomic mass is 9.80. The van der Waals surface area contributed by atoms with Crippen LogP contribution in [0.5, 0.6) is 11.5 Å². The van der Waals surface area contributed by atoms with Gasteiger partial charge in [0.2, 0.25) is 0 Å². The molecule has 0 heterocycles. The summed E-state index contributed by atoms with van der Waals surface area (Å²) >= 11 is 3.62. The zero-order valence-electron chi connectivity index (χ0n) is 11.2. The van der Waals surface area contributed by atoms with E-state index in [1.807, 2.05) is 12.1 Å². The van der Waals surface area contributed by atoms with Crippen LogP contribution in [0, 0.1) is 0 Å². The van der Waals surface area contributed by atoms with Gasteiger partial charge in [-0.25, -0.2) is 0 Å². The van der Waals surface area contributed by atoms with Crippen LogP contribution in [0.15, 0.2) is 18.2 Å². The van der Waals surface area contributed by atoms with Crippen LogP contribution in [0.2, 0.25) is 0 Å². The summed E-state index contributed by atoms with van der Waals surface area (Å²) in [6.07, 6.45) is 1.04. The van der Waals surface area contributed by atoms with Crippen molar-refractivity contribution in [2.24, 2.45) is 0 Å². The normalized spacial score (nSPS) is 13.3. The van der Waals surface area contributed by atoms with E-state index < -0.39 is 0 Å². The highest BCUT2D eigenvalue weighted by Gasteiger charge is 2.26. The summed E-state index contributed by atoms with van der Waals surface area (Å²) < 4.78 is 10.7. The van der Waals surface area contributed by atoms with Crippen LogP contribution in [0.4, 0.5) is 0 Å². The Kier molecular flexibility index (Phi) is 4.87. The van der Waals surface area contributed by atoms with Crippen LogP contribution in [-0.4, -0.2) is 19.0 Å². The van der Waals surface area contributed by atoms with Gasteiger partial charge in [0.05, 0.1) is 14.2 Å². The van der Waals surface area contributed by atoms with Gasteiger partial charge in [0.1, 0.15) is 11.5 Å². The Morgan fingerprint density at radius 2 is 1.88 bits per heavy atom. The molecule has 0 amide bonds. The summed E-state index contributed by atoms with van der Waals surface area (Å²) in [4.78, 5) is 0.466. The zero-order chi connectivity index (χ0) is 13.1. The highest BCUT2D eigenvalue weighted by atomic mass is 79.9. The van der Waals surface area contributed by atoms with Crippen LogP contribution in [0.25, 0.3) is 0 Å². The molecule has 1 rings (SSSR count). The monoisotopic (exact) mass is 300 g/mol. The van der Waals surface area contributed by atoms with E-state index in [9.17, 15) is 0 Å². The van der Waals surface area contributed by atoms with E-state index >= 15 is 0 Å². The average molecular weight is 301 g/mol. The molecule has 0 N–H and O–H groups in total. The van der Waals surface area contributed by atoms with E-state index in [-0.39, 0.29) is 5.41 Å². The van der Waals surface area contributed by atoms with Crippen molar-refractivity contribution < 1.29 is 9.47 Å². The van der Waals surface area contributed by atoms with E-state index in [4.69, 9.17) is 9.47 Å². The van der Waals surface area contributed by atoms with Crippen molar-refractivity contribution in [1.82, 2.24) is 0 Å². The number of ether oxygens (including phenoxy) is 2. The van der Waals surface area contributed by atoms with E-state index in [0.29, 0.717) is 4.83 Å². The maximum atomic E-state index is 5.44. The van der Waals surface area contributed by atoms with Crippen molar-refractivity contribution >= 4 is 15.9 Å². The van der Waals surface area contributed by atoms with Crippen molar-refractivity contribution in [1.29, 1.82) is 0 Å². The van der Waals surface area contributed by atoms with Crippen molar-refractivity contribution in [2.45, 2.75) is 37.4 Å². The van der Waals surface area contributed by atoms with Gasteiger partial charge in [0.15, 0.2) is 0 Å². The molecule has 3 heteroatoms. The number of methoxy groups -OCH3 is 2. The summed E-state index contributed by atoms with van der Waals surface area (Å²) in [6.45, 7) is 6.61. The molecule has 1 atom stereocenters. The first-order valence-corrected chi connectivity index (χ1v) is 6.69. The summed E-state index contributed by atoms with van der Waals surface area (Å²) in [5.41, 5.74) is 1.23. The smallest absolute Gasteiger partial charge is 0.122 e. The Labute approximate surface area is 112 Å². The van der Waals surface area contributed by atoms with E-state index in [0.717, 1.165) is 17.9 Å². The first-order chi connectivity index (χ1) is 7.90. The average Bonchev–Trinajstić information content (AvgIpc) is 2.26. The Morgan fingerprint density at radius 1 is 1.24 bits per heavy atom. The van der Waals surface area contributed by atoms with Gasteiger partial charge in [-0.2, -0.15) is 0 Å². The van der Waals surface area contributed by atoms with Crippen molar-refractivity contribution in [2.75, 3.05) is 14.2 Å². The summed E-state index contributed by atoms with van der Waals surface area (Å²) in [5.74, 6) is 1.79. The van der Waals surface area contributed by atoms with Gasteiger partial charge < -0.3 is 9.47 Å². The number of halogens is 1. The Hall–Kier alpha value is -0.700. The molecule has 0 bridgehead atoms. The molecule has 1 aromatic carbocycles. The zero-order valence-corrected chi connectivity index (χ0v) is 12.8. The maximum absolute atomic E-state index is 5.44. The number of hydrogen-bond donors (Lipinski definition) is 0. The molecular formula is C14H21BrO2. The lowest BCUT2D eigenvalue weighted by Gasteiger charge is -2.28. The summed E-state index contributed by atoms with van der Waals surface area (Å²) in [7, 11) is 3.39. The molecule has 0 fully saturated rings. The first kappa shape index (κ1) is 14.4. The second kappa shape index (κ2) is 5.76. The first-order valence-electron chi connectivity index (χ1n) is 5.77. The molecule has 1 unspecified atom stereocenters.